The Kier molecular flexibility index (Phi) is 2.60. The standard InChI is InChI=1S/C7H8BrClN2O2/c8-4-1-10-11(7(4)9)5-2-13-3-6(5)12/h1,5-6,12H,2-3H2. The summed E-state index contributed by atoms with van der Waals surface area (Å²) < 4.78 is 7.41. The van der Waals surface area contributed by atoms with Crippen LogP contribution in [0.2, 0.25) is 5.15 Å². The zero-order valence-electron chi connectivity index (χ0n) is 6.65. The molecule has 1 saturated heterocycles. The Morgan fingerprint density at radius 3 is 2.92 bits per heavy atom. The zero-order chi connectivity index (χ0) is 9.42. The average Bonchev–Trinajstić information content (AvgIpc) is 2.62. The quantitative estimate of drug-likeness (QED) is 0.832. The molecule has 0 saturated carbocycles. The third-order valence-electron chi connectivity index (χ3n) is 2.03. The lowest BCUT2D eigenvalue weighted by Crippen LogP contribution is -2.23. The van der Waals surface area contributed by atoms with Crippen molar-refractivity contribution < 1.29 is 9.84 Å². The number of aromatic nitrogens is 2. The van der Waals surface area contributed by atoms with Gasteiger partial charge in [-0.3, -0.25) is 0 Å². The summed E-state index contributed by atoms with van der Waals surface area (Å²) >= 11 is 9.19. The Labute approximate surface area is 88.6 Å². The van der Waals surface area contributed by atoms with Crippen LogP contribution in [-0.2, 0) is 4.74 Å². The lowest BCUT2D eigenvalue weighted by atomic mass is 10.2. The van der Waals surface area contributed by atoms with E-state index >= 15 is 0 Å². The fourth-order valence-electron chi connectivity index (χ4n) is 1.32. The first-order chi connectivity index (χ1) is 6.20. The van der Waals surface area contributed by atoms with Gasteiger partial charge in [0.05, 0.1) is 23.9 Å². The second kappa shape index (κ2) is 3.57. The summed E-state index contributed by atoms with van der Waals surface area (Å²) in [5.74, 6) is 0. The maximum absolute atomic E-state index is 9.52. The number of aliphatic hydroxyl groups excluding tert-OH is 1. The van der Waals surface area contributed by atoms with Gasteiger partial charge in [0.2, 0.25) is 0 Å². The van der Waals surface area contributed by atoms with E-state index in [0.29, 0.717) is 18.4 Å². The zero-order valence-corrected chi connectivity index (χ0v) is 8.99. The minimum atomic E-state index is -0.524. The molecule has 1 fully saturated rings. The van der Waals surface area contributed by atoms with Crippen LogP contribution in [0.4, 0.5) is 0 Å². The van der Waals surface area contributed by atoms with Gasteiger partial charge in [-0.05, 0) is 15.9 Å². The van der Waals surface area contributed by atoms with Crippen molar-refractivity contribution >= 4 is 27.5 Å². The van der Waals surface area contributed by atoms with E-state index in [1.54, 1.807) is 10.9 Å². The maximum atomic E-state index is 9.52. The molecule has 1 aromatic heterocycles. The fraction of sp³-hybridized carbons (Fsp3) is 0.571. The molecule has 2 heterocycles. The highest BCUT2D eigenvalue weighted by Gasteiger charge is 2.30. The Hall–Kier alpha value is -0.100. The van der Waals surface area contributed by atoms with Crippen molar-refractivity contribution in [3.8, 4) is 0 Å². The Morgan fingerprint density at radius 1 is 1.69 bits per heavy atom. The van der Waals surface area contributed by atoms with E-state index in [-0.39, 0.29) is 6.04 Å². The van der Waals surface area contributed by atoms with Crippen LogP contribution >= 0.6 is 27.5 Å². The fourth-order valence-corrected chi connectivity index (χ4v) is 1.81. The average molecular weight is 268 g/mol. The second-order valence-corrected chi connectivity index (χ2v) is 4.11. The molecule has 0 amide bonds. The molecule has 6 heteroatoms. The Balaban J connectivity index is 2.29. The van der Waals surface area contributed by atoms with Gasteiger partial charge in [-0.1, -0.05) is 11.6 Å². The first kappa shape index (κ1) is 9.45. The Bertz CT molecular complexity index is 317. The van der Waals surface area contributed by atoms with E-state index < -0.39 is 6.10 Å². The lowest BCUT2D eigenvalue weighted by Gasteiger charge is -2.13. The predicted molar refractivity (Wildman–Crippen MR) is 50.8 cm³/mol. The van der Waals surface area contributed by atoms with E-state index in [0.717, 1.165) is 4.47 Å². The molecule has 0 bridgehead atoms. The smallest absolute Gasteiger partial charge is 0.141 e. The van der Waals surface area contributed by atoms with Crippen molar-refractivity contribution in [1.29, 1.82) is 0 Å². The molecular formula is C7H8BrClN2O2. The van der Waals surface area contributed by atoms with Crippen molar-refractivity contribution in [1.82, 2.24) is 9.78 Å². The van der Waals surface area contributed by atoms with Gasteiger partial charge in [0.25, 0.3) is 0 Å². The summed E-state index contributed by atoms with van der Waals surface area (Å²) in [7, 11) is 0. The first-order valence-corrected chi connectivity index (χ1v) is 5.01. The highest BCUT2D eigenvalue weighted by molar-refractivity contribution is 9.10. The van der Waals surface area contributed by atoms with Gasteiger partial charge in [0, 0.05) is 0 Å². The number of hydrogen-bond donors (Lipinski definition) is 1. The van der Waals surface area contributed by atoms with Crippen molar-refractivity contribution in [2.75, 3.05) is 13.2 Å². The van der Waals surface area contributed by atoms with Crippen LogP contribution in [0.15, 0.2) is 10.7 Å². The van der Waals surface area contributed by atoms with E-state index in [1.807, 2.05) is 0 Å². The number of ether oxygens (including phenoxy) is 1. The van der Waals surface area contributed by atoms with Crippen molar-refractivity contribution in [3.05, 3.63) is 15.8 Å². The van der Waals surface area contributed by atoms with Gasteiger partial charge in [-0.2, -0.15) is 5.10 Å². The molecule has 1 aliphatic heterocycles. The molecule has 0 spiro atoms. The highest BCUT2D eigenvalue weighted by atomic mass is 79.9. The van der Waals surface area contributed by atoms with Crippen LogP contribution in [-0.4, -0.2) is 34.2 Å². The van der Waals surface area contributed by atoms with E-state index in [2.05, 4.69) is 21.0 Å². The summed E-state index contributed by atoms with van der Waals surface area (Å²) in [6.07, 6.45) is 1.08. The molecule has 2 unspecified atom stereocenters. The van der Waals surface area contributed by atoms with Gasteiger partial charge in [0.1, 0.15) is 17.3 Å². The molecule has 2 atom stereocenters. The first-order valence-electron chi connectivity index (χ1n) is 3.84. The SMILES string of the molecule is OC1COCC1n1ncc(Br)c1Cl. The number of aliphatic hydroxyl groups is 1. The predicted octanol–water partition coefficient (Wildman–Crippen LogP) is 1.23. The molecule has 0 radical (unpaired) electrons. The normalized spacial score (nSPS) is 28.2. The third-order valence-corrected chi connectivity index (χ3v) is 3.21. The van der Waals surface area contributed by atoms with Crippen LogP contribution in [0.25, 0.3) is 0 Å². The van der Waals surface area contributed by atoms with Gasteiger partial charge < -0.3 is 9.84 Å². The molecular weight excluding hydrogens is 259 g/mol. The summed E-state index contributed by atoms with van der Waals surface area (Å²) in [6.45, 7) is 0.799. The second-order valence-electron chi connectivity index (χ2n) is 2.90. The number of hydrogen-bond acceptors (Lipinski definition) is 3. The van der Waals surface area contributed by atoms with Crippen LogP contribution in [0.3, 0.4) is 0 Å². The summed E-state index contributed by atoms with van der Waals surface area (Å²) in [6, 6.07) is -0.168. The van der Waals surface area contributed by atoms with E-state index in [4.69, 9.17) is 16.3 Å². The monoisotopic (exact) mass is 266 g/mol. The van der Waals surface area contributed by atoms with Crippen molar-refractivity contribution in [3.63, 3.8) is 0 Å². The van der Waals surface area contributed by atoms with Crippen molar-refractivity contribution in [2.45, 2.75) is 12.1 Å². The van der Waals surface area contributed by atoms with Gasteiger partial charge >= 0.3 is 0 Å². The maximum Gasteiger partial charge on any atom is 0.141 e. The van der Waals surface area contributed by atoms with Crippen molar-refractivity contribution in [2.24, 2.45) is 0 Å². The van der Waals surface area contributed by atoms with Crippen LogP contribution in [0.1, 0.15) is 6.04 Å². The number of nitrogens with zero attached hydrogens (tertiary/aromatic N) is 2. The lowest BCUT2D eigenvalue weighted by molar-refractivity contribution is 0.118. The molecule has 1 aliphatic rings. The number of rotatable bonds is 1. The topological polar surface area (TPSA) is 47.3 Å². The third kappa shape index (κ3) is 1.61. The van der Waals surface area contributed by atoms with Gasteiger partial charge in [-0.25, -0.2) is 4.68 Å². The summed E-state index contributed by atoms with van der Waals surface area (Å²) in [5, 5.41) is 14.1. The molecule has 1 N–H and O–H groups in total. The van der Waals surface area contributed by atoms with E-state index in [9.17, 15) is 5.11 Å². The molecule has 0 aromatic carbocycles. The molecule has 0 aliphatic carbocycles. The molecule has 2 rings (SSSR count). The summed E-state index contributed by atoms with van der Waals surface area (Å²) in [4.78, 5) is 0. The minimum absolute atomic E-state index is 0.168. The highest BCUT2D eigenvalue weighted by Crippen LogP contribution is 2.28. The minimum Gasteiger partial charge on any atom is -0.388 e. The van der Waals surface area contributed by atoms with Gasteiger partial charge in [-0.15, -0.1) is 0 Å². The van der Waals surface area contributed by atoms with Crippen LogP contribution < -0.4 is 0 Å². The van der Waals surface area contributed by atoms with Crippen LogP contribution in [0, 0.1) is 0 Å². The van der Waals surface area contributed by atoms with Crippen LogP contribution in [0.5, 0.6) is 0 Å². The molecule has 13 heavy (non-hydrogen) atoms. The van der Waals surface area contributed by atoms with E-state index in [1.165, 1.54) is 0 Å². The summed E-state index contributed by atoms with van der Waals surface area (Å²) in [5.41, 5.74) is 0. The molecule has 72 valence electrons. The van der Waals surface area contributed by atoms with Gasteiger partial charge in [0.15, 0.2) is 0 Å². The largest absolute Gasteiger partial charge is 0.388 e. The number of halogens is 2. The Morgan fingerprint density at radius 2 is 2.46 bits per heavy atom. The molecule has 4 nitrogen and oxygen atoms in total. The molecule has 1 aromatic rings.